The van der Waals surface area contributed by atoms with Gasteiger partial charge in [0.1, 0.15) is 23.8 Å². The number of nitrogens with one attached hydrogen (secondary N) is 1. The van der Waals surface area contributed by atoms with Crippen molar-refractivity contribution >= 4 is 83.4 Å². The third kappa shape index (κ3) is 5.86. The van der Waals surface area contributed by atoms with Gasteiger partial charge in [-0.05, 0) is 58.4 Å². The van der Waals surface area contributed by atoms with Gasteiger partial charge in [-0.3, -0.25) is 9.69 Å². The molecule has 0 aliphatic carbocycles. The second-order valence-electron chi connectivity index (χ2n) is 7.47. The third-order valence-corrected chi connectivity index (χ3v) is 7.09. The molecule has 1 aliphatic heterocycles. The highest BCUT2D eigenvalue weighted by Crippen LogP contribution is 2.36. The van der Waals surface area contributed by atoms with Crippen molar-refractivity contribution < 1.29 is 28.3 Å². The van der Waals surface area contributed by atoms with E-state index in [0.29, 0.717) is 20.8 Å². The number of hydrogen-bond acceptors (Lipinski definition) is 6. The molecule has 186 valence electrons. The normalized spacial score (nSPS) is 14.4. The summed E-state index contributed by atoms with van der Waals surface area (Å²) in [7, 11) is 1.23. The summed E-state index contributed by atoms with van der Waals surface area (Å²) in [6, 6.07) is 11.3. The minimum absolute atomic E-state index is 0.0294. The van der Waals surface area contributed by atoms with E-state index in [0.717, 1.165) is 19.4 Å². The molecule has 12 heteroatoms. The molecule has 0 spiro atoms. The van der Waals surface area contributed by atoms with Crippen LogP contribution >= 0.6 is 59.4 Å². The van der Waals surface area contributed by atoms with Gasteiger partial charge < -0.3 is 19.2 Å². The molecule has 4 rings (SSSR count). The number of ether oxygens (including phenoxy) is 2. The van der Waals surface area contributed by atoms with Gasteiger partial charge in [0.25, 0.3) is 5.91 Å². The first kappa shape index (κ1) is 26.5. The lowest BCUT2D eigenvalue weighted by Gasteiger charge is -2.14. The number of nitrogens with zero attached hydrogens (tertiary/aromatic N) is 1. The highest BCUT2D eigenvalue weighted by Gasteiger charge is 2.34. The predicted molar refractivity (Wildman–Crippen MR) is 142 cm³/mol. The van der Waals surface area contributed by atoms with Crippen molar-refractivity contribution in [3.8, 4) is 5.75 Å². The minimum atomic E-state index is -0.659. The van der Waals surface area contributed by atoms with Gasteiger partial charge in [-0.25, -0.2) is 9.59 Å². The standard InChI is InChI=1S/C24H16Br3ClN2O6/c1-34-23(32)20-5-4-16(36-20)10-30-22(31)19(29-24(30)33)7-13-6-15(28)9-18(27)21(13)35-11-12-2-3-14(25)8-17(12)26/h2-9H,10-11H2,1H3,(H,29,33)/b19-7-. The van der Waals surface area contributed by atoms with Crippen LogP contribution in [0.1, 0.15) is 27.4 Å². The molecule has 1 saturated heterocycles. The monoisotopic (exact) mass is 700 g/mol. The van der Waals surface area contributed by atoms with Crippen LogP contribution in [-0.2, 0) is 22.7 Å². The van der Waals surface area contributed by atoms with E-state index < -0.39 is 17.9 Å². The summed E-state index contributed by atoms with van der Waals surface area (Å²) in [4.78, 5) is 38.1. The quantitative estimate of drug-likeness (QED) is 0.168. The molecule has 1 fully saturated rings. The van der Waals surface area contributed by atoms with Crippen LogP contribution in [0.25, 0.3) is 6.08 Å². The number of carbonyl (C=O) groups excluding carboxylic acids is 3. The average Bonchev–Trinajstić information content (AvgIpc) is 3.39. The lowest BCUT2D eigenvalue weighted by Crippen LogP contribution is -2.30. The van der Waals surface area contributed by atoms with E-state index in [9.17, 15) is 14.4 Å². The van der Waals surface area contributed by atoms with Crippen molar-refractivity contribution in [2.24, 2.45) is 0 Å². The Kier molecular flexibility index (Phi) is 8.23. The van der Waals surface area contributed by atoms with Crippen LogP contribution in [0.5, 0.6) is 5.75 Å². The van der Waals surface area contributed by atoms with Crippen LogP contribution in [0, 0.1) is 0 Å². The predicted octanol–water partition coefficient (Wildman–Crippen LogP) is 6.68. The first-order valence-electron chi connectivity index (χ1n) is 10.2. The van der Waals surface area contributed by atoms with Gasteiger partial charge in [-0.15, -0.1) is 0 Å². The number of urea groups is 1. The molecule has 0 bridgehead atoms. The molecular weight excluding hydrogens is 687 g/mol. The number of halogens is 4. The van der Waals surface area contributed by atoms with Gasteiger partial charge in [0.15, 0.2) is 0 Å². The molecule has 2 heterocycles. The Balaban J connectivity index is 1.57. The van der Waals surface area contributed by atoms with E-state index in [1.165, 1.54) is 25.3 Å². The molecule has 36 heavy (non-hydrogen) atoms. The van der Waals surface area contributed by atoms with Crippen LogP contribution in [0.4, 0.5) is 4.79 Å². The van der Waals surface area contributed by atoms with Gasteiger partial charge in [-0.1, -0.05) is 49.5 Å². The number of benzene rings is 2. The summed E-state index contributed by atoms with van der Waals surface area (Å²) in [5, 5.41) is 2.96. The summed E-state index contributed by atoms with van der Waals surface area (Å²) in [5.41, 5.74) is 1.42. The molecule has 1 N–H and O–H groups in total. The van der Waals surface area contributed by atoms with Crippen molar-refractivity contribution in [2.45, 2.75) is 13.2 Å². The molecule has 8 nitrogen and oxygen atoms in total. The third-order valence-electron chi connectivity index (χ3n) is 5.05. The maximum absolute atomic E-state index is 13.0. The first-order valence-corrected chi connectivity index (χ1v) is 13.0. The number of imide groups is 1. The largest absolute Gasteiger partial charge is 0.487 e. The zero-order valence-electron chi connectivity index (χ0n) is 18.4. The number of hydrogen-bond donors (Lipinski definition) is 1. The Morgan fingerprint density at radius 2 is 1.89 bits per heavy atom. The van der Waals surface area contributed by atoms with E-state index in [1.54, 1.807) is 12.1 Å². The molecule has 3 aromatic rings. The zero-order chi connectivity index (χ0) is 26.0. The number of furan rings is 1. The summed E-state index contributed by atoms with van der Waals surface area (Å²) in [6.45, 7) is 0.0664. The van der Waals surface area contributed by atoms with Crippen molar-refractivity contribution in [3.63, 3.8) is 0 Å². The number of esters is 1. The molecule has 0 radical (unpaired) electrons. The maximum atomic E-state index is 13.0. The lowest BCUT2D eigenvalue weighted by molar-refractivity contribution is -0.123. The maximum Gasteiger partial charge on any atom is 0.373 e. The Morgan fingerprint density at radius 3 is 2.61 bits per heavy atom. The summed E-state index contributed by atoms with van der Waals surface area (Å²) >= 11 is 16.6. The molecule has 2 aromatic carbocycles. The van der Waals surface area contributed by atoms with Crippen molar-refractivity contribution in [1.29, 1.82) is 0 Å². The highest BCUT2D eigenvalue weighted by molar-refractivity contribution is 9.11. The molecule has 0 atom stereocenters. The van der Waals surface area contributed by atoms with Gasteiger partial charge >= 0.3 is 12.0 Å². The SMILES string of the molecule is COC(=O)c1ccc(CN2C(=O)N/C(=C\c3cc(Cl)cc(Br)c3OCc3ccc(Br)cc3Br)C2=O)o1. The van der Waals surface area contributed by atoms with Crippen molar-refractivity contribution in [2.75, 3.05) is 7.11 Å². The summed E-state index contributed by atoms with van der Waals surface area (Å²) in [5.74, 6) is -0.578. The van der Waals surface area contributed by atoms with Crippen LogP contribution in [-0.4, -0.2) is 29.9 Å². The molecule has 0 saturated carbocycles. The van der Waals surface area contributed by atoms with Crippen LogP contribution in [0.15, 0.2) is 66.0 Å². The Labute approximate surface area is 235 Å². The number of methoxy groups -OCH3 is 1. The number of carbonyl (C=O) groups is 3. The van der Waals surface area contributed by atoms with E-state index in [-0.39, 0.29) is 30.4 Å². The molecule has 1 aromatic heterocycles. The topological polar surface area (TPSA) is 98.1 Å². The highest BCUT2D eigenvalue weighted by atomic mass is 79.9. The van der Waals surface area contributed by atoms with Gasteiger partial charge in [0, 0.05) is 25.1 Å². The van der Waals surface area contributed by atoms with Crippen LogP contribution in [0.2, 0.25) is 5.02 Å². The molecule has 3 amide bonds. The fourth-order valence-electron chi connectivity index (χ4n) is 3.33. The fourth-order valence-corrected chi connectivity index (χ4v) is 5.44. The van der Waals surface area contributed by atoms with Crippen LogP contribution in [0.3, 0.4) is 0 Å². The minimum Gasteiger partial charge on any atom is -0.487 e. The van der Waals surface area contributed by atoms with E-state index in [1.807, 2.05) is 18.2 Å². The second-order valence-corrected chi connectivity index (χ2v) is 10.5. The smallest absolute Gasteiger partial charge is 0.373 e. The number of rotatable bonds is 7. The van der Waals surface area contributed by atoms with E-state index >= 15 is 0 Å². The fraction of sp³-hybridized carbons (Fsp3) is 0.125. The van der Waals surface area contributed by atoms with Crippen molar-refractivity contribution in [1.82, 2.24) is 10.2 Å². The first-order chi connectivity index (χ1) is 17.2. The molecule has 1 aliphatic rings. The lowest BCUT2D eigenvalue weighted by atomic mass is 10.1. The van der Waals surface area contributed by atoms with Gasteiger partial charge in [0.2, 0.25) is 5.76 Å². The van der Waals surface area contributed by atoms with E-state index in [2.05, 4.69) is 57.8 Å². The van der Waals surface area contributed by atoms with E-state index in [4.69, 9.17) is 20.8 Å². The Morgan fingerprint density at radius 1 is 1.11 bits per heavy atom. The Hall–Kier alpha value is -2.60. The van der Waals surface area contributed by atoms with Crippen LogP contribution < -0.4 is 10.1 Å². The van der Waals surface area contributed by atoms with Crippen molar-refractivity contribution in [3.05, 3.63) is 89.2 Å². The van der Waals surface area contributed by atoms with Gasteiger partial charge in [-0.2, -0.15) is 0 Å². The summed E-state index contributed by atoms with van der Waals surface area (Å²) < 4.78 is 18.4. The average molecular weight is 704 g/mol. The molecular formula is C24H16Br3ClN2O6. The summed E-state index contributed by atoms with van der Waals surface area (Å²) in [6.07, 6.45) is 1.49. The number of amides is 3. The zero-order valence-corrected chi connectivity index (χ0v) is 24.0. The van der Waals surface area contributed by atoms with Gasteiger partial charge in [0.05, 0.1) is 18.1 Å². The Bertz CT molecular complexity index is 1400. The second kappa shape index (κ2) is 11.2. The molecule has 0 unspecified atom stereocenters.